The molecule has 0 unspecified atom stereocenters. The summed E-state index contributed by atoms with van der Waals surface area (Å²) >= 11 is 7.98. The second kappa shape index (κ2) is 6.12. The Balaban J connectivity index is 1.92. The number of halogens is 1. The van der Waals surface area contributed by atoms with Crippen LogP contribution in [-0.2, 0) is 11.3 Å². The lowest BCUT2D eigenvalue weighted by atomic mass is 10.1. The van der Waals surface area contributed by atoms with Crippen molar-refractivity contribution in [1.29, 1.82) is 0 Å². The van der Waals surface area contributed by atoms with E-state index >= 15 is 0 Å². The van der Waals surface area contributed by atoms with Crippen LogP contribution in [0.5, 0.6) is 0 Å². The number of nitrogens with zero attached hydrogens (tertiary/aromatic N) is 1. The molecule has 0 saturated carbocycles. The minimum absolute atomic E-state index is 0.0126. The Morgan fingerprint density at radius 2 is 1.76 bits per heavy atom. The van der Waals surface area contributed by atoms with Crippen LogP contribution in [0, 0.1) is 0 Å². The number of benzene rings is 2. The highest BCUT2D eigenvalue weighted by Gasteiger charge is 2.39. The van der Waals surface area contributed by atoms with Crippen LogP contribution < -0.4 is 0 Å². The first-order valence-electron chi connectivity index (χ1n) is 6.91. The van der Waals surface area contributed by atoms with Gasteiger partial charge in [-0.15, -0.1) is 11.8 Å². The van der Waals surface area contributed by atoms with Gasteiger partial charge < -0.3 is 4.90 Å². The third-order valence-electron chi connectivity index (χ3n) is 3.61. The summed E-state index contributed by atoms with van der Waals surface area (Å²) < 4.78 is 0. The molecule has 21 heavy (non-hydrogen) atoms. The van der Waals surface area contributed by atoms with Gasteiger partial charge in [-0.1, -0.05) is 60.1 Å². The molecule has 1 fully saturated rings. The smallest absolute Gasteiger partial charge is 0.236 e. The highest BCUT2D eigenvalue weighted by molar-refractivity contribution is 8.01. The van der Waals surface area contributed by atoms with Crippen molar-refractivity contribution in [3.63, 3.8) is 0 Å². The van der Waals surface area contributed by atoms with Gasteiger partial charge in [-0.3, -0.25) is 4.79 Å². The summed E-state index contributed by atoms with van der Waals surface area (Å²) in [5, 5.41) is 0.673. The number of hydrogen-bond donors (Lipinski definition) is 0. The molecule has 0 N–H and O–H groups in total. The fourth-order valence-corrected chi connectivity index (χ4v) is 4.15. The fraction of sp³-hybridized carbons (Fsp3) is 0.235. The van der Waals surface area contributed by atoms with Gasteiger partial charge in [0.1, 0.15) is 5.37 Å². The van der Waals surface area contributed by atoms with Gasteiger partial charge in [0.05, 0.1) is 5.25 Å². The van der Waals surface area contributed by atoms with Crippen molar-refractivity contribution in [2.24, 2.45) is 0 Å². The van der Waals surface area contributed by atoms with Gasteiger partial charge in [0.2, 0.25) is 5.91 Å². The summed E-state index contributed by atoms with van der Waals surface area (Å²) in [7, 11) is 0. The van der Waals surface area contributed by atoms with Crippen molar-refractivity contribution in [3.05, 3.63) is 70.7 Å². The van der Waals surface area contributed by atoms with E-state index in [1.54, 1.807) is 11.8 Å². The summed E-state index contributed by atoms with van der Waals surface area (Å²) in [6.45, 7) is 2.58. The normalized spacial score (nSPS) is 21.8. The number of thioether (sulfide) groups is 1. The van der Waals surface area contributed by atoms with E-state index in [4.69, 9.17) is 11.6 Å². The summed E-state index contributed by atoms with van der Waals surface area (Å²) in [4.78, 5) is 14.4. The molecule has 2 aromatic carbocycles. The molecule has 1 aliphatic heterocycles. The maximum absolute atomic E-state index is 12.5. The Hall–Kier alpha value is -1.45. The fourth-order valence-electron chi connectivity index (χ4n) is 2.53. The Morgan fingerprint density at radius 3 is 2.48 bits per heavy atom. The van der Waals surface area contributed by atoms with Gasteiger partial charge in [-0.25, -0.2) is 0 Å². The van der Waals surface area contributed by atoms with Crippen molar-refractivity contribution in [3.8, 4) is 0 Å². The zero-order valence-corrected chi connectivity index (χ0v) is 13.3. The minimum atomic E-state index is -0.0324. The highest BCUT2D eigenvalue weighted by atomic mass is 35.5. The topological polar surface area (TPSA) is 20.3 Å². The van der Waals surface area contributed by atoms with E-state index in [1.807, 2.05) is 66.4 Å². The molecule has 0 bridgehead atoms. The molecule has 1 saturated heterocycles. The summed E-state index contributed by atoms with van der Waals surface area (Å²) in [5.41, 5.74) is 2.15. The number of amides is 1. The SMILES string of the molecule is C[C@H]1S[C@@H](c2ccccc2Cl)N(Cc2ccccc2)C1=O. The summed E-state index contributed by atoms with van der Waals surface area (Å²) in [5.74, 6) is 0.175. The molecule has 2 atom stereocenters. The second-order valence-corrected chi connectivity index (χ2v) is 6.94. The lowest BCUT2D eigenvalue weighted by Gasteiger charge is -2.25. The zero-order valence-electron chi connectivity index (χ0n) is 11.7. The van der Waals surface area contributed by atoms with Crippen LogP contribution in [0.2, 0.25) is 5.02 Å². The maximum Gasteiger partial charge on any atom is 0.236 e. The monoisotopic (exact) mass is 317 g/mol. The van der Waals surface area contributed by atoms with Gasteiger partial charge in [0, 0.05) is 17.1 Å². The van der Waals surface area contributed by atoms with Crippen LogP contribution in [0.3, 0.4) is 0 Å². The molecule has 0 aliphatic carbocycles. The van der Waals surface area contributed by atoms with Gasteiger partial charge in [0.15, 0.2) is 0 Å². The molecule has 0 spiro atoms. The first-order valence-corrected chi connectivity index (χ1v) is 8.23. The maximum atomic E-state index is 12.5. The zero-order chi connectivity index (χ0) is 14.8. The van der Waals surface area contributed by atoms with Crippen LogP contribution >= 0.6 is 23.4 Å². The van der Waals surface area contributed by atoms with Crippen molar-refractivity contribution in [2.45, 2.75) is 24.1 Å². The molecule has 3 rings (SSSR count). The summed E-state index contributed by atoms with van der Waals surface area (Å²) in [6, 6.07) is 17.8. The van der Waals surface area contributed by atoms with E-state index in [-0.39, 0.29) is 16.5 Å². The van der Waals surface area contributed by atoms with Gasteiger partial charge in [0.25, 0.3) is 0 Å². The predicted molar refractivity (Wildman–Crippen MR) is 88.2 cm³/mol. The lowest BCUT2D eigenvalue weighted by Crippen LogP contribution is -2.29. The van der Waals surface area contributed by atoms with Crippen LogP contribution in [0.25, 0.3) is 0 Å². The molecular weight excluding hydrogens is 302 g/mol. The molecule has 0 radical (unpaired) electrons. The number of rotatable bonds is 3. The molecule has 4 heteroatoms. The molecular formula is C17H16ClNOS. The number of hydrogen-bond acceptors (Lipinski definition) is 2. The van der Waals surface area contributed by atoms with Crippen molar-refractivity contribution in [1.82, 2.24) is 4.90 Å². The van der Waals surface area contributed by atoms with Gasteiger partial charge >= 0.3 is 0 Å². The second-order valence-electron chi connectivity index (χ2n) is 5.10. The Kier molecular flexibility index (Phi) is 4.22. The largest absolute Gasteiger partial charge is 0.321 e. The van der Waals surface area contributed by atoms with Crippen LogP contribution in [0.1, 0.15) is 23.4 Å². The van der Waals surface area contributed by atoms with Crippen molar-refractivity contribution in [2.75, 3.05) is 0 Å². The third-order valence-corrected chi connectivity index (χ3v) is 5.33. The van der Waals surface area contributed by atoms with Crippen molar-refractivity contribution >= 4 is 29.3 Å². The van der Waals surface area contributed by atoms with E-state index < -0.39 is 0 Å². The van der Waals surface area contributed by atoms with Crippen LogP contribution in [0.4, 0.5) is 0 Å². The first-order chi connectivity index (χ1) is 10.2. The van der Waals surface area contributed by atoms with E-state index in [1.165, 1.54) is 0 Å². The highest BCUT2D eigenvalue weighted by Crippen LogP contribution is 2.45. The molecule has 1 aliphatic rings. The summed E-state index contributed by atoms with van der Waals surface area (Å²) in [6.07, 6.45) is 0. The average Bonchev–Trinajstić information content (AvgIpc) is 2.77. The van der Waals surface area contributed by atoms with Crippen molar-refractivity contribution < 1.29 is 4.79 Å². The van der Waals surface area contributed by atoms with Crippen LogP contribution in [0.15, 0.2) is 54.6 Å². The lowest BCUT2D eigenvalue weighted by molar-refractivity contribution is -0.130. The van der Waals surface area contributed by atoms with E-state index in [0.29, 0.717) is 6.54 Å². The molecule has 1 amide bonds. The molecule has 2 aromatic rings. The molecule has 108 valence electrons. The third kappa shape index (κ3) is 2.94. The quantitative estimate of drug-likeness (QED) is 0.830. The molecule has 1 heterocycles. The Morgan fingerprint density at radius 1 is 1.10 bits per heavy atom. The molecule has 2 nitrogen and oxygen atoms in total. The van der Waals surface area contributed by atoms with E-state index in [9.17, 15) is 4.79 Å². The minimum Gasteiger partial charge on any atom is -0.321 e. The van der Waals surface area contributed by atoms with E-state index in [0.717, 1.165) is 16.1 Å². The molecule has 0 aromatic heterocycles. The first kappa shape index (κ1) is 14.5. The average molecular weight is 318 g/mol. The standard InChI is InChI=1S/C17H16ClNOS/c1-12-16(20)19(11-13-7-3-2-4-8-13)17(21-12)14-9-5-6-10-15(14)18/h2-10,12,17H,11H2,1H3/t12-,17+/m1/s1. The Bertz CT molecular complexity index is 646. The van der Waals surface area contributed by atoms with Gasteiger partial charge in [-0.05, 0) is 18.6 Å². The Labute approximate surface area is 134 Å². The van der Waals surface area contributed by atoms with Gasteiger partial charge in [-0.2, -0.15) is 0 Å². The van der Waals surface area contributed by atoms with Crippen LogP contribution in [-0.4, -0.2) is 16.1 Å². The van der Waals surface area contributed by atoms with E-state index in [2.05, 4.69) is 0 Å². The number of carbonyl (C=O) groups excluding carboxylic acids is 1. The number of carbonyl (C=O) groups is 1. The predicted octanol–water partition coefficient (Wildman–Crippen LogP) is 4.50.